The van der Waals surface area contributed by atoms with Crippen LogP contribution in [0, 0.1) is 0 Å². The highest BCUT2D eigenvalue weighted by Crippen LogP contribution is 2.39. The molecule has 1 aliphatic heterocycles. The van der Waals surface area contributed by atoms with Crippen molar-refractivity contribution in [3.63, 3.8) is 0 Å². The number of urea groups is 1. The van der Waals surface area contributed by atoms with E-state index in [0.717, 1.165) is 26.6 Å². The third-order valence-corrected chi connectivity index (χ3v) is 7.25. The number of aromatic nitrogens is 1. The van der Waals surface area contributed by atoms with Crippen molar-refractivity contribution in [2.24, 2.45) is 0 Å². The van der Waals surface area contributed by atoms with Crippen molar-refractivity contribution in [3.8, 4) is 21.7 Å². The molecule has 5 rings (SSSR count). The lowest BCUT2D eigenvalue weighted by Gasteiger charge is -2.25. The molecule has 0 spiro atoms. The second-order valence-corrected chi connectivity index (χ2v) is 9.42. The lowest BCUT2D eigenvalue weighted by atomic mass is 9.87. The SMILES string of the molecule is CCC1(c2ccccc2)NC(=O)N(CC(=O)Nc2nc(-c3ccccc3)c(-c3ccccc3)s2)C1=O. The molecule has 1 aliphatic rings. The molecule has 0 aliphatic carbocycles. The Morgan fingerprint density at radius 1 is 0.917 bits per heavy atom. The second-order valence-electron chi connectivity index (χ2n) is 8.42. The Kier molecular flexibility index (Phi) is 6.35. The molecule has 2 N–H and O–H groups in total. The predicted octanol–water partition coefficient (Wildman–Crippen LogP) is 5.27. The Bertz CT molecular complexity index is 1350. The summed E-state index contributed by atoms with van der Waals surface area (Å²) in [6, 6.07) is 28.1. The maximum Gasteiger partial charge on any atom is 0.325 e. The Morgan fingerprint density at radius 3 is 2.11 bits per heavy atom. The van der Waals surface area contributed by atoms with Gasteiger partial charge in [-0.15, -0.1) is 0 Å². The number of rotatable bonds is 7. The van der Waals surface area contributed by atoms with Gasteiger partial charge in [0.15, 0.2) is 5.13 Å². The van der Waals surface area contributed by atoms with Crippen LogP contribution in [0.3, 0.4) is 0 Å². The van der Waals surface area contributed by atoms with E-state index in [2.05, 4.69) is 15.6 Å². The summed E-state index contributed by atoms with van der Waals surface area (Å²) in [7, 11) is 0. The van der Waals surface area contributed by atoms with E-state index in [4.69, 9.17) is 0 Å². The van der Waals surface area contributed by atoms with Crippen LogP contribution in [-0.2, 0) is 15.1 Å². The molecule has 3 aromatic carbocycles. The topological polar surface area (TPSA) is 91.4 Å². The molecule has 1 saturated heterocycles. The molecule has 8 heteroatoms. The number of thiazole rings is 1. The van der Waals surface area contributed by atoms with Gasteiger partial charge in [-0.1, -0.05) is 109 Å². The first-order chi connectivity index (χ1) is 17.5. The van der Waals surface area contributed by atoms with E-state index < -0.39 is 29.9 Å². The van der Waals surface area contributed by atoms with Gasteiger partial charge < -0.3 is 10.6 Å². The zero-order valence-electron chi connectivity index (χ0n) is 19.6. The molecular weight excluding hydrogens is 472 g/mol. The van der Waals surface area contributed by atoms with Gasteiger partial charge in [0.2, 0.25) is 5.91 Å². The van der Waals surface area contributed by atoms with Gasteiger partial charge in [0, 0.05) is 5.56 Å². The summed E-state index contributed by atoms with van der Waals surface area (Å²) in [5.74, 6) is -0.933. The van der Waals surface area contributed by atoms with Crippen molar-refractivity contribution in [2.75, 3.05) is 11.9 Å². The Balaban J connectivity index is 1.38. The minimum Gasteiger partial charge on any atom is -0.319 e. The van der Waals surface area contributed by atoms with E-state index in [-0.39, 0.29) is 0 Å². The highest BCUT2D eigenvalue weighted by atomic mass is 32.1. The lowest BCUT2D eigenvalue weighted by molar-refractivity contribution is -0.134. The molecule has 4 amide bonds. The molecule has 180 valence electrons. The van der Waals surface area contributed by atoms with E-state index in [1.165, 1.54) is 11.3 Å². The van der Waals surface area contributed by atoms with Crippen LogP contribution < -0.4 is 10.6 Å². The zero-order chi connectivity index (χ0) is 25.1. The summed E-state index contributed by atoms with van der Waals surface area (Å²) in [5.41, 5.74) is 2.18. The largest absolute Gasteiger partial charge is 0.325 e. The van der Waals surface area contributed by atoms with Crippen molar-refractivity contribution in [1.82, 2.24) is 15.2 Å². The van der Waals surface area contributed by atoms with E-state index in [1.807, 2.05) is 85.8 Å². The fraction of sp³-hybridized carbons (Fsp3) is 0.143. The number of benzene rings is 3. The molecule has 1 fully saturated rings. The molecule has 1 aromatic heterocycles. The number of amides is 4. The van der Waals surface area contributed by atoms with E-state index >= 15 is 0 Å². The van der Waals surface area contributed by atoms with E-state index in [0.29, 0.717) is 17.1 Å². The number of nitrogens with zero attached hydrogens (tertiary/aromatic N) is 2. The molecule has 0 bridgehead atoms. The summed E-state index contributed by atoms with van der Waals surface area (Å²) in [4.78, 5) is 45.6. The second kappa shape index (κ2) is 9.75. The van der Waals surface area contributed by atoms with Crippen molar-refractivity contribution < 1.29 is 14.4 Å². The number of nitrogens with one attached hydrogen (secondary N) is 2. The molecule has 1 unspecified atom stereocenters. The van der Waals surface area contributed by atoms with E-state index in [1.54, 1.807) is 12.1 Å². The van der Waals surface area contributed by atoms with Gasteiger partial charge >= 0.3 is 6.03 Å². The van der Waals surface area contributed by atoms with Crippen molar-refractivity contribution in [1.29, 1.82) is 0 Å². The zero-order valence-corrected chi connectivity index (χ0v) is 20.4. The number of hydrogen-bond donors (Lipinski definition) is 2. The average Bonchev–Trinajstić information content (AvgIpc) is 3.45. The molecule has 4 aromatic rings. The number of anilines is 1. The van der Waals surface area contributed by atoms with Crippen LogP contribution in [0.4, 0.5) is 9.93 Å². The molecule has 1 atom stereocenters. The van der Waals surface area contributed by atoms with Gasteiger partial charge in [0.05, 0.1) is 10.6 Å². The first-order valence-corrected chi connectivity index (χ1v) is 12.4. The molecule has 0 radical (unpaired) electrons. The van der Waals surface area contributed by atoms with Crippen molar-refractivity contribution in [2.45, 2.75) is 18.9 Å². The van der Waals surface area contributed by atoms with Crippen LogP contribution in [0.5, 0.6) is 0 Å². The maximum absolute atomic E-state index is 13.3. The monoisotopic (exact) mass is 496 g/mol. The van der Waals surface area contributed by atoms with Crippen molar-refractivity contribution >= 4 is 34.3 Å². The van der Waals surface area contributed by atoms with Crippen LogP contribution >= 0.6 is 11.3 Å². The fourth-order valence-corrected chi connectivity index (χ4v) is 5.39. The van der Waals surface area contributed by atoms with Gasteiger partial charge in [-0.2, -0.15) is 0 Å². The summed E-state index contributed by atoms with van der Waals surface area (Å²) >= 11 is 1.35. The number of carbonyl (C=O) groups is 3. The summed E-state index contributed by atoms with van der Waals surface area (Å²) in [6.07, 6.45) is 0.368. The molecule has 0 saturated carbocycles. The first kappa shape index (κ1) is 23.4. The molecule has 2 heterocycles. The number of carbonyl (C=O) groups excluding carboxylic acids is 3. The highest BCUT2D eigenvalue weighted by Gasteiger charge is 2.51. The van der Waals surface area contributed by atoms with Crippen LogP contribution in [0.15, 0.2) is 91.0 Å². The maximum atomic E-state index is 13.3. The third kappa shape index (κ3) is 4.27. The Labute approximate surface area is 212 Å². The summed E-state index contributed by atoms with van der Waals surface area (Å²) in [5, 5.41) is 5.99. The highest BCUT2D eigenvalue weighted by molar-refractivity contribution is 7.19. The molecule has 7 nitrogen and oxygen atoms in total. The van der Waals surface area contributed by atoms with Gasteiger partial charge in [-0.25, -0.2) is 9.78 Å². The number of imide groups is 1. The summed E-state index contributed by atoms with van der Waals surface area (Å²) < 4.78 is 0. The predicted molar refractivity (Wildman–Crippen MR) is 140 cm³/mol. The summed E-state index contributed by atoms with van der Waals surface area (Å²) in [6.45, 7) is 1.43. The molecular formula is C28H24N4O3S. The van der Waals surface area contributed by atoms with Gasteiger partial charge in [0.1, 0.15) is 12.1 Å². The minimum absolute atomic E-state index is 0.368. The smallest absolute Gasteiger partial charge is 0.319 e. The van der Waals surface area contributed by atoms with Gasteiger partial charge in [0.25, 0.3) is 5.91 Å². The Hall–Kier alpha value is -4.30. The van der Waals surface area contributed by atoms with Gasteiger partial charge in [-0.05, 0) is 17.5 Å². The van der Waals surface area contributed by atoms with Gasteiger partial charge in [-0.3, -0.25) is 14.5 Å². The lowest BCUT2D eigenvalue weighted by Crippen LogP contribution is -2.44. The van der Waals surface area contributed by atoms with Crippen LogP contribution in [0.1, 0.15) is 18.9 Å². The minimum atomic E-state index is -1.18. The fourth-order valence-electron chi connectivity index (χ4n) is 4.38. The quantitative estimate of drug-likeness (QED) is 0.341. The Morgan fingerprint density at radius 2 is 1.50 bits per heavy atom. The van der Waals surface area contributed by atoms with Crippen molar-refractivity contribution in [3.05, 3.63) is 96.6 Å². The third-order valence-electron chi connectivity index (χ3n) is 6.23. The van der Waals surface area contributed by atoms with Crippen LogP contribution in [-0.4, -0.2) is 34.3 Å². The van der Waals surface area contributed by atoms with Crippen LogP contribution in [0.25, 0.3) is 21.7 Å². The average molecular weight is 497 g/mol. The first-order valence-electron chi connectivity index (χ1n) is 11.6. The van der Waals surface area contributed by atoms with Crippen LogP contribution in [0.2, 0.25) is 0 Å². The standard InChI is InChI=1S/C28H24N4O3S/c1-2-28(21-16-10-5-11-17-21)25(34)32(27(35)31-28)18-22(33)29-26-30-23(19-12-6-3-7-13-19)24(36-26)20-14-8-4-9-15-20/h3-17H,2,18H2,1H3,(H,31,35)(H,29,30,33). The normalized spacial score (nSPS) is 17.2. The van der Waals surface area contributed by atoms with E-state index in [9.17, 15) is 14.4 Å². The molecule has 36 heavy (non-hydrogen) atoms. The number of hydrogen-bond acceptors (Lipinski definition) is 5.